The molecule has 2 amide bonds. The van der Waals surface area contributed by atoms with Crippen LogP contribution in [0.15, 0.2) is 47.2 Å². The van der Waals surface area contributed by atoms with E-state index < -0.39 is 0 Å². The lowest BCUT2D eigenvalue weighted by atomic mass is 9.87. The number of carbonyl (C=O) groups is 2. The Bertz CT molecular complexity index is 981. The van der Waals surface area contributed by atoms with E-state index in [0.29, 0.717) is 15.7 Å². The first-order valence-electron chi connectivity index (χ1n) is 9.24. The molecule has 28 heavy (non-hydrogen) atoms. The third kappa shape index (κ3) is 4.00. The van der Waals surface area contributed by atoms with Crippen LogP contribution in [0.3, 0.4) is 0 Å². The topological polar surface area (TPSA) is 62.3 Å². The number of nitrogens with zero attached hydrogens (tertiary/aromatic N) is 2. The molecular formula is C21H21N3O2S2. The fraction of sp³-hybridized carbons (Fsp3) is 0.286. The number of thiazole rings is 1. The average Bonchev–Trinajstić information content (AvgIpc) is 3.39. The van der Waals surface area contributed by atoms with Crippen molar-refractivity contribution in [2.45, 2.75) is 31.7 Å². The maximum atomic E-state index is 12.8. The highest BCUT2D eigenvalue weighted by atomic mass is 32.1. The van der Waals surface area contributed by atoms with E-state index in [1.807, 2.05) is 34.8 Å². The molecule has 0 bridgehead atoms. The predicted octanol–water partition coefficient (Wildman–Crippen LogP) is 4.54. The molecule has 1 aliphatic rings. The molecule has 0 fully saturated rings. The van der Waals surface area contributed by atoms with Gasteiger partial charge in [0.15, 0.2) is 5.13 Å². The van der Waals surface area contributed by atoms with Crippen LogP contribution in [-0.2, 0) is 17.6 Å². The van der Waals surface area contributed by atoms with Crippen LogP contribution in [0.1, 0.15) is 45.4 Å². The van der Waals surface area contributed by atoms with E-state index in [1.165, 1.54) is 33.8 Å². The number of hydrogen-bond donors (Lipinski definition) is 1. The summed E-state index contributed by atoms with van der Waals surface area (Å²) in [4.78, 5) is 31.9. The zero-order chi connectivity index (χ0) is 19.5. The highest BCUT2D eigenvalue weighted by Crippen LogP contribution is 2.33. The molecule has 0 radical (unpaired) electrons. The molecule has 7 heteroatoms. The number of thiophene rings is 1. The maximum Gasteiger partial charge on any atom is 0.267 e. The van der Waals surface area contributed by atoms with Gasteiger partial charge in [-0.25, -0.2) is 4.98 Å². The molecule has 0 spiro atoms. The number of aromatic nitrogens is 1. The van der Waals surface area contributed by atoms with Crippen LogP contribution in [0.4, 0.5) is 5.13 Å². The van der Waals surface area contributed by atoms with Gasteiger partial charge >= 0.3 is 0 Å². The third-order valence-corrected chi connectivity index (χ3v) is 6.72. The minimum atomic E-state index is -0.168. The second-order valence-electron chi connectivity index (χ2n) is 6.86. The molecule has 4 rings (SSSR count). The van der Waals surface area contributed by atoms with Gasteiger partial charge in [-0.2, -0.15) is 0 Å². The molecule has 0 saturated carbocycles. The average molecular weight is 412 g/mol. The van der Waals surface area contributed by atoms with Crippen molar-refractivity contribution < 1.29 is 9.59 Å². The van der Waals surface area contributed by atoms with E-state index in [1.54, 1.807) is 6.07 Å². The molecule has 2 aromatic heterocycles. The van der Waals surface area contributed by atoms with Crippen LogP contribution in [0, 0.1) is 0 Å². The molecule has 2 heterocycles. The van der Waals surface area contributed by atoms with Crippen LogP contribution in [0.5, 0.6) is 0 Å². The number of benzene rings is 1. The summed E-state index contributed by atoms with van der Waals surface area (Å²) in [6.45, 7) is 0. The Morgan fingerprint density at radius 2 is 2.07 bits per heavy atom. The summed E-state index contributed by atoms with van der Waals surface area (Å²) in [5.74, 6) is -0.124. The van der Waals surface area contributed by atoms with Crippen LogP contribution in [-0.4, -0.2) is 28.7 Å². The van der Waals surface area contributed by atoms with E-state index >= 15 is 0 Å². The quantitative estimate of drug-likeness (QED) is 0.671. The van der Waals surface area contributed by atoms with Gasteiger partial charge in [-0.15, -0.1) is 22.7 Å². The zero-order valence-electron chi connectivity index (χ0n) is 15.6. The van der Waals surface area contributed by atoms with Crippen molar-refractivity contribution in [3.8, 4) is 0 Å². The number of rotatable bonds is 5. The fourth-order valence-corrected chi connectivity index (χ4v) is 4.92. The zero-order valence-corrected chi connectivity index (χ0v) is 17.2. The SMILES string of the molecule is CN(C(=O)Cc1csc(NC(=O)c2cccs2)n1)[C@H]1CCCc2ccccc21. The summed E-state index contributed by atoms with van der Waals surface area (Å²) in [5, 5.41) is 7.02. The van der Waals surface area contributed by atoms with Gasteiger partial charge in [0.1, 0.15) is 0 Å². The Labute approximate surface area is 172 Å². The Morgan fingerprint density at radius 3 is 2.89 bits per heavy atom. The van der Waals surface area contributed by atoms with Crippen molar-refractivity contribution in [1.29, 1.82) is 0 Å². The number of anilines is 1. The van der Waals surface area contributed by atoms with Gasteiger partial charge in [-0.3, -0.25) is 14.9 Å². The van der Waals surface area contributed by atoms with Crippen LogP contribution >= 0.6 is 22.7 Å². The van der Waals surface area contributed by atoms with Gasteiger partial charge in [0.2, 0.25) is 5.91 Å². The highest BCUT2D eigenvalue weighted by Gasteiger charge is 2.26. The molecule has 5 nitrogen and oxygen atoms in total. The Hall–Kier alpha value is -2.51. The molecule has 0 aliphatic heterocycles. The van der Waals surface area contributed by atoms with Crippen molar-refractivity contribution in [3.63, 3.8) is 0 Å². The van der Waals surface area contributed by atoms with Crippen molar-refractivity contribution in [2.24, 2.45) is 0 Å². The van der Waals surface area contributed by atoms with Crippen LogP contribution < -0.4 is 5.32 Å². The number of aryl methyl sites for hydroxylation is 1. The first-order chi connectivity index (χ1) is 13.6. The first-order valence-corrected chi connectivity index (χ1v) is 11.0. The first kappa shape index (κ1) is 18.8. The monoisotopic (exact) mass is 411 g/mol. The minimum Gasteiger partial charge on any atom is -0.338 e. The van der Waals surface area contributed by atoms with E-state index in [2.05, 4.69) is 28.5 Å². The van der Waals surface area contributed by atoms with E-state index in [-0.39, 0.29) is 24.3 Å². The molecule has 1 aliphatic carbocycles. The summed E-state index contributed by atoms with van der Waals surface area (Å²) >= 11 is 2.73. The lowest BCUT2D eigenvalue weighted by molar-refractivity contribution is -0.131. The van der Waals surface area contributed by atoms with Gasteiger partial charge in [0, 0.05) is 12.4 Å². The smallest absolute Gasteiger partial charge is 0.267 e. The Balaban J connectivity index is 1.40. The standard InChI is InChI=1S/C21H21N3O2S2/c1-24(17-9-4-7-14-6-2-3-8-16(14)17)19(25)12-15-13-28-21(22-15)23-20(26)18-10-5-11-27-18/h2-3,5-6,8,10-11,13,17H,4,7,9,12H2,1H3,(H,22,23,26)/t17-/m0/s1. The number of nitrogens with one attached hydrogen (secondary N) is 1. The second kappa shape index (κ2) is 8.24. The minimum absolute atomic E-state index is 0.0446. The van der Waals surface area contributed by atoms with E-state index in [9.17, 15) is 9.59 Å². The molecule has 1 atom stereocenters. The van der Waals surface area contributed by atoms with Crippen molar-refractivity contribution in [2.75, 3.05) is 12.4 Å². The summed E-state index contributed by atoms with van der Waals surface area (Å²) < 4.78 is 0. The molecule has 3 aromatic rings. The van der Waals surface area contributed by atoms with Crippen LogP contribution in [0.25, 0.3) is 0 Å². The molecule has 144 valence electrons. The summed E-state index contributed by atoms with van der Waals surface area (Å²) in [7, 11) is 1.88. The normalized spacial score (nSPS) is 15.7. The number of amides is 2. The van der Waals surface area contributed by atoms with Gasteiger partial charge in [-0.1, -0.05) is 30.3 Å². The van der Waals surface area contributed by atoms with Gasteiger partial charge in [0.05, 0.1) is 23.0 Å². The second-order valence-corrected chi connectivity index (χ2v) is 8.67. The number of likely N-dealkylation sites (N-methyl/N-ethyl adjacent to an activating group) is 1. The van der Waals surface area contributed by atoms with Crippen molar-refractivity contribution >= 4 is 39.6 Å². The predicted molar refractivity (Wildman–Crippen MR) is 113 cm³/mol. The Kier molecular flexibility index (Phi) is 5.54. The summed E-state index contributed by atoms with van der Waals surface area (Å²) in [5.41, 5.74) is 3.28. The Morgan fingerprint density at radius 1 is 1.21 bits per heavy atom. The van der Waals surface area contributed by atoms with Crippen molar-refractivity contribution in [3.05, 3.63) is 68.9 Å². The molecule has 1 N–H and O–H groups in total. The summed E-state index contributed by atoms with van der Waals surface area (Å²) in [6, 6.07) is 12.1. The highest BCUT2D eigenvalue weighted by molar-refractivity contribution is 7.14. The maximum absolute atomic E-state index is 12.8. The number of carbonyl (C=O) groups excluding carboxylic acids is 2. The van der Waals surface area contributed by atoms with Gasteiger partial charge < -0.3 is 4.90 Å². The van der Waals surface area contributed by atoms with Gasteiger partial charge in [0.25, 0.3) is 5.91 Å². The van der Waals surface area contributed by atoms with Crippen LogP contribution in [0.2, 0.25) is 0 Å². The lowest BCUT2D eigenvalue weighted by Crippen LogP contribution is -2.34. The fourth-order valence-electron chi connectivity index (χ4n) is 3.60. The number of fused-ring (bicyclic) bond motifs is 1. The molecular weight excluding hydrogens is 390 g/mol. The van der Waals surface area contributed by atoms with Crippen molar-refractivity contribution in [1.82, 2.24) is 9.88 Å². The van der Waals surface area contributed by atoms with E-state index in [0.717, 1.165) is 19.3 Å². The third-order valence-electron chi connectivity index (χ3n) is 5.05. The largest absolute Gasteiger partial charge is 0.338 e. The molecule has 1 aromatic carbocycles. The summed E-state index contributed by atoms with van der Waals surface area (Å²) in [6.07, 6.45) is 3.39. The lowest BCUT2D eigenvalue weighted by Gasteiger charge is -2.33. The van der Waals surface area contributed by atoms with Gasteiger partial charge in [-0.05, 0) is 41.8 Å². The molecule has 0 saturated heterocycles. The van der Waals surface area contributed by atoms with E-state index in [4.69, 9.17) is 0 Å². The number of hydrogen-bond acceptors (Lipinski definition) is 5. The molecule has 0 unspecified atom stereocenters.